The van der Waals surface area contributed by atoms with Gasteiger partial charge in [0.25, 0.3) is 0 Å². The molecule has 5 heteroatoms. The molecule has 0 fully saturated rings. The van der Waals surface area contributed by atoms with Crippen molar-refractivity contribution < 1.29 is 20.4 Å². The van der Waals surface area contributed by atoms with E-state index in [1.807, 2.05) is 0 Å². The second-order valence-electron chi connectivity index (χ2n) is 7.54. The fraction of sp³-hybridized carbons (Fsp3) is 0.625. The Balaban J connectivity index is 0.00000400. The van der Waals surface area contributed by atoms with Crippen LogP contribution in [0.3, 0.4) is 0 Å². The monoisotopic (exact) mass is 440 g/mol. The van der Waals surface area contributed by atoms with Gasteiger partial charge in [-0.3, -0.25) is 0 Å². The molecular weight excluding hydrogens is 414 g/mol. The molecule has 0 N–H and O–H groups in total. The summed E-state index contributed by atoms with van der Waals surface area (Å²) in [6.45, 7) is 11.9. The van der Waals surface area contributed by atoms with Gasteiger partial charge in [-0.05, 0) is 28.5 Å². The topological polar surface area (TPSA) is 3.24 Å². The van der Waals surface area contributed by atoms with Gasteiger partial charge < -0.3 is 4.90 Å². The van der Waals surface area contributed by atoms with Crippen LogP contribution in [0.25, 0.3) is 0 Å². The molecule has 0 spiro atoms. The van der Waals surface area contributed by atoms with Crippen LogP contribution in [0.2, 0.25) is 0 Å². The predicted molar refractivity (Wildman–Crippen MR) is 97.8 cm³/mol. The molecule has 1 nitrogen and oxygen atoms in total. The number of nitrogens with zero attached hydrogens (tertiary/aromatic N) is 1. The molecule has 1 aromatic carbocycles. The summed E-state index contributed by atoms with van der Waals surface area (Å²) >= 11 is 12.6. The average Bonchev–Trinajstić information content (AvgIpc) is 2.24. The molecule has 0 saturated carbocycles. The van der Waals surface area contributed by atoms with E-state index in [1.54, 1.807) is 0 Å². The van der Waals surface area contributed by atoms with Gasteiger partial charge in [0.1, 0.15) is 27.8 Å². The van der Waals surface area contributed by atoms with Gasteiger partial charge in [0.05, 0.1) is 0 Å². The molecule has 1 rings (SSSR count). The second kappa shape index (κ2) is 7.51. The van der Waals surface area contributed by atoms with Gasteiger partial charge in [0.2, 0.25) is 6.63 Å². The summed E-state index contributed by atoms with van der Waals surface area (Å²) in [6.07, 6.45) is 0. The fourth-order valence-electron chi connectivity index (χ4n) is 2.66. The SMILES string of the molecule is CN(C)c1ccc([PH+](Cl)Cl)c(C(C)(C)C)c1C(C)(C)C.[Pd+2]. The minimum Gasteiger partial charge on any atom is -0.377 e. The molecule has 0 aromatic heterocycles. The van der Waals surface area contributed by atoms with Gasteiger partial charge in [-0.1, -0.05) is 41.5 Å². The van der Waals surface area contributed by atoms with Gasteiger partial charge in [-0.15, -0.1) is 0 Å². The third kappa shape index (κ3) is 5.09. The van der Waals surface area contributed by atoms with Crippen molar-refractivity contribution in [1.29, 1.82) is 0 Å². The maximum Gasteiger partial charge on any atom is 2.00 e. The van der Waals surface area contributed by atoms with Gasteiger partial charge in [-0.25, -0.2) is 0 Å². The van der Waals surface area contributed by atoms with Crippen LogP contribution in [-0.4, -0.2) is 14.1 Å². The fourth-order valence-corrected chi connectivity index (χ4v) is 4.50. The van der Waals surface area contributed by atoms with E-state index in [1.165, 1.54) is 16.8 Å². The van der Waals surface area contributed by atoms with Crippen molar-refractivity contribution in [1.82, 2.24) is 0 Å². The first-order valence-corrected chi connectivity index (χ1v) is 10.4. The Bertz CT molecular complexity index is 443. The Morgan fingerprint density at radius 3 is 1.57 bits per heavy atom. The second-order valence-corrected chi connectivity index (χ2v) is 11.4. The van der Waals surface area contributed by atoms with Crippen LogP contribution >= 0.6 is 29.1 Å². The summed E-state index contributed by atoms with van der Waals surface area (Å²) in [7, 11) is 4.17. The van der Waals surface area contributed by atoms with Gasteiger partial charge >= 0.3 is 20.4 Å². The first kappa shape index (κ1) is 21.7. The molecule has 21 heavy (non-hydrogen) atoms. The standard InChI is InChI=1S/C16H26Cl2NP.Pd/c1-15(2,3)13-11(19(7)8)9-10-12(20(17)18)14(13)16(4,5)6;/h9-10H,1-8H3;/q;+2/p+1. The van der Waals surface area contributed by atoms with E-state index in [0.29, 0.717) is 0 Å². The molecular formula is C16H27Cl2NPPd+3. The molecule has 0 radical (unpaired) electrons. The van der Waals surface area contributed by atoms with Crippen LogP contribution in [0.15, 0.2) is 12.1 Å². The first-order chi connectivity index (χ1) is 8.87. The van der Waals surface area contributed by atoms with Gasteiger partial charge in [0.15, 0.2) is 0 Å². The van der Waals surface area contributed by atoms with E-state index >= 15 is 0 Å². The molecule has 122 valence electrons. The van der Waals surface area contributed by atoms with Crippen LogP contribution in [0.4, 0.5) is 5.69 Å². The number of rotatable bonds is 2. The van der Waals surface area contributed by atoms with Crippen molar-refractivity contribution in [3.63, 3.8) is 0 Å². The normalized spacial score (nSPS) is 12.3. The van der Waals surface area contributed by atoms with Crippen LogP contribution in [0.1, 0.15) is 52.7 Å². The first-order valence-electron chi connectivity index (χ1n) is 6.91. The largest absolute Gasteiger partial charge is 2.00 e. The number of benzene rings is 1. The van der Waals surface area contributed by atoms with Crippen molar-refractivity contribution in [2.24, 2.45) is 0 Å². The third-order valence-electron chi connectivity index (χ3n) is 3.37. The van der Waals surface area contributed by atoms with Crippen molar-refractivity contribution >= 4 is 40.1 Å². The number of anilines is 1. The number of hydrogen-bond acceptors (Lipinski definition) is 1. The van der Waals surface area contributed by atoms with E-state index in [9.17, 15) is 0 Å². The zero-order valence-electron chi connectivity index (χ0n) is 14.2. The summed E-state index contributed by atoms with van der Waals surface area (Å²) in [5.74, 6) is 0. The maximum absolute atomic E-state index is 6.32. The third-order valence-corrected chi connectivity index (χ3v) is 5.41. The van der Waals surface area contributed by atoms with E-state index in [2.05, 4.69) is 72.7 Å². The van der Waals surface area contributed by atoms with Gasteiger partial charge in [0, 0.05) is 25.3 Å². The van der Waals surface area contributed by atoms with E-state index in [0.717, 1.165) is 5.30 Å². The zero-order chi connectivity index (χ0) is 15.9. The molecule has 0 heterocycles. The number of halogens is 2. The average molecular weight is 442 g/mol. The van der Waals surface area contributed by atoms with Crippen molar-refractivity contribution in [2.45, 2.75) is 52.4 Å². The molecule has 0 aliphatic heterocycles. The van der Waals surface area contributed by atoms with E-state index < -0.39 is 6.63 Å². The Labute approximate surface area is 154 Å². The summed E-state index contributed by atoms with van der Waals surface area (Å²) in [5.41, 5.74) is 3.99. The Morgan fingerprint density at radius 1 is 0.857 bits per heavy atom. The minimum absolute atomic E-state index is 0. The zero-order valence-corrected chi connectivity index (χ0v) is 18.2. The van der Waals surface area contributed by atoms with E-state index in [-0.39, 0.29) is 31.3 Å². The molecule has 0 aliphatic rings. The Hall–Kier alpha value is 0.692. The van der Waals surface area contributed by atoms with Crippen LogP contribution < -0.4 is 10.2 Å². The van der Waals surface area contributed by atoms with Crippen LogP contribution in [-0.2, 0) is 31.3 Å². The molecule has 1 aromatic rings. The minimum atomic E-state index is -1.52. The Morgan fingerprint density at radius 2 is 1.29 bits per heavy atom. The summed E-state index contributed by atoms with van der Waals surface area (Å²) in [4.78, 5) is 2.18. The smallest absolute Gasteiger partial charge is 0.377 e. The summed E-state index contributed by atoms with van der Waals surface area (Å²) in [5, 5.41) is 1.13. The van der Waals surface area contributed by atoms with Crippen molar-refractivity contribution in [3.8, 4) is 0 Å². The Kier molecular flexibility index (Phi) is 7.76. The quantitative estimate of drug-likeness (QED) is 0.433. The molecule has 0 aliphatic carbocycles. The summed E-state index contributed by atoms with van der Waals surface area (Å²) in [6, 6.07) is 4.26. The maximum atomic E-state index is 6.32. The van der Waals surface area contributed by atoms with Crippen molar-refractivity contribution in [2.75, 3.05) is 19.0 Å². The van der Waals surface area contributed by atoms with Gasteiger partial charge in [-0.2, -0.15) is 0 Å². The summed E-state index contributed by atoms with van der Waals surface area (Å²) < 4.78 is 0. The number of hydrogen-bond donors (Lipinski definition) is 0. The molecule has 0 unspecified atom stereocenters. The van der Waals surface area contributed by atoms with Crippen molar-refractivity contribution in [3.05, 3.63) is 23.3 Å². The molecule has 0 atom stereocenters. The predicted octanol–water partition coefficient (Wildman–Crippen LogP) is 5.49. The molecule has 0 amide bonds. The van der Waals surface area contributed by atoms with Crippen LogP contribution in [0.5, 0.6) is 0 Å². The molecule has 0 bridgehead atoms. The van der Waals surface area contributed by atoms with Crippen LogP contribution in [0, 0.1) is 0 Å². The van der Waals surface area contributed by atoms with E-state index in [4.69, 9.17) is 22.5 Å². The molecule has 0 saturated heterocycles.